The van der Waals surface area contributed by atoms with Gasteiger partial charge < -0.3 is 5.11 Å². The Labute approximate surface area is 460 Å². The fourth-order valence-corrected chi connectivity index (χ4v) is 9.65. The molecule has 0 fully saturated rings. The number of para-hydroxylation sites is 1. The van der Waals surface area contributed by atoms with Crippen LogP contribution in [-0.2, 0) is 48.1 Å². The van der Waals surface area contributed by atoms with E-state index < -0.39 is 12.3 Å². The van der Waals surface area contributed by atoms with E-state index in [-0.39, 0.29) is 54.0 Å². The van der Waals surface area contributed by atoms with E-state index >= 15 is 0 Å². The molecule has 0 bridgehead atoms. The maximum atomic E-state index is 12.6. The second-order valence-electron chi connectivity index (χ2n) is 25.2. The predicted octanol–water partition coefficient (Wildman–Crippen LogP) is 18.7. The van der Waals surface area contributed by atoms with Gasteiger partial charge in [0.05, 0.1) is 22.3 Å². The molecule has 2 aromatic heterocycles. The van der Waals surface area contributed by atoms with E-state index in [2.05, 4.69) is 207 Å². The van der Waals surface area contributed by atoms with E-state index in [1.54, 1.807) is 0 Å². The van der Waals surface area contributed by atoms with Crippen LogP contribution >= 0.6 is 0 Å². The van der Waals surface area contributed by atoms with Gasteiger partial charge in [0, 0.05) is 42.6 Å². The Morgan fingerprint density at radius 3 is 1.61 bits per heavy atom. The molecule has 1 N–H and O–H groups in total. The summed E-state index contributed by atoms with van der Waals surface area (Å²) in [6.07, 6.45) is 1.87. The van der Waals surface area contributed by atoms with Crippen LogP contribution < -0.4 is 0 Å². The maximum absolute atomic E-state index is 12.6. The Balaban J connectivity index is 0.00000784. The van der Waals surface area contributed by atoms with Crippen molar-refractivity contribution in [1.29, 1.82) is 0 Å². The Bertz CT molecular complexity index is 3610. The summed E-state index contributed by atoms with van der Waals surface area (Å²) in [5.74, 6) is 0.558. The molecule has 0 amide bonds. The molecule has 0 aliphatic heterocycles. The Hall–Kier alpha value is -6.35. The molecule has 0 saturated heterocycles. The fraction of sp³-hybridized carbons (Fsp3) is 0.304. The summed E-state index contributed by atoms with van der Waals surface area (Å²) in [6.45, 7) is 30.2. The molecule has 0 radical (unpaired) electrons. The van der Waals surface area contributed by atoms with Gasteiger partial charge in [-0.1, -0.05) is 218 Å². The molecule has 0 atom stereocenters. The first-order valence-corrected chi connectivity index (χ1v) is 25.8. The van der Waals surface area contributed by atoms with Crippen molar-refractivity contribution >= 4 is 11.0 Å². The minimum atomic E-state index is -2.54. The van der Waals surface area contributed by atoms with Crippen molar-refractivity contribution < 1.29 is 30.3 Å². The van der Waals surface area contributed by atoms with Crippen molar-refractivity contribution in [2.24, 2.45) is 0 Å². The third-order valence-corrected chi connectivity index (χ3v) is 14.3. The standard InChI is InChI=1S/C69H74N3O.Pt/c1-43-33-47(49-35-53(66(5,6)7)40-54(36-49)67(8,9)10)29-30-60(43)72-61-24-20-23-56(62(61)71-64(72)57-41-55(68(11,12)13)42-58(63(57)73)69(14,15)16)50-34-51(38-52(37-50)65(2,3)4)59-39-48(31-32-70-59)46-27-25-45(26-28-46)44-21-18-17-19-22-44;/h17-33,35-42,73H,1-16H3;/q-1;/i1D3;. The molecule has 4 nitrogen and oxygen atoms in total. The number of nitrogens with zero attached hydrogens (tertiary/aromatic N) is 3. The Kier molecular flexibility index (Phi) is 13.3. The summed E-state index contributed by atoms with van der Waals surface area (Å²) < 4.78 is 29.7. The number of pyridine rings is 1. The number of benzene rings is 7. The molecule has 0 spiro atoms. The molecular formula is C69H74N3OPt-. The van der Waals surface area contributed by atoms with E-state index in [1.807, 2.05) is 59.3 Å². The van der Waals surface area contributed by atoms with Crippen molar-refractivity contribution in [3.63, 3.8) is 0 Å². The summed E-state index contributed by atoms with van der Waals surface area (Å²) >= 11 is 0. The smallest absolute Gasteiger partial charge is 0.148 e. The monoisotopic (exact) mass is 1160 g/mol. The minimum Gasteiger partial charge on any atom is -0.507 e. The van der Waals surface area contributed by atoms with E-state index in [4.69, 9.17) is 9.97 Å². The van der Waals surface area contributed by atoms with Crippen LogP contribution in [0.15, 0.2) is 152 Å². The molecule has 0 aliphatic carbocycles. The van der Waals surface area contributed by atoms with Crippen molar-refractivity contribution in [2.45, 2.75) is 138 Å². The molecule has 0 saturated carbocycles. The molecule has 9 rings (SSSR count). The average molecular weight is 1160 g/mol. The average Bonchev–Trinajstić information content (AvgIpc) is 3.83. The van der Waals surface area contributed by atoms with Crippen molar-refractivity contribution in [3.8, 4) is 78.6 Å². The molecule has 74 heavy (non-hydrogen) atoms. The summed E-state index contributed by atoms with van der Waals surface area (Å²) in [6, 6.07) is 54.1. The number of hydrogen-bond acceptors (Lipinski definition) is 3. The zero-order valence-electron chi connectivity index (χ0n) is 49.0. The number of fused-ring (bicyclic) bond motifs is 1. The molecule has 382 valence electrons. The summed E-state index contributed by atoms with van der Waals surface area (Å²) in [5, 5.41) is 12.6. The zero-order valence-corrected chi connectivity index (χ0v) is 48.3. The first kappa shape index (κ1) is 49.8. The number of rotatable bonds is 7. The van der Waals surface area contributed by atoms with Gasteiger partial charge >= 0.3 is 0 Å². The van der Waals surface area contributed by atoms with Crippen LogP contribution in [0.25, 0.3) is 83.9 Å². The van der Waals surface area contributed by atoms with E-state index in [0.717, 1.165) is 66.9 Å². The van der Waals surface area contributed by atoms with Crippen LogP contribution in [0.3, 0.4) is 0 Å². The number of aromatic hydroxyl groups is 1. The SMILES string of the molecule is [2H]C([2H])([2H])c1cc(-c2cc(C(C)(C)C)cc(C(C)(C)C)c2)ccc1-n1c(-c2cc(C(C)(C)C)cc(C(C)(C)C)c2O)nc2c(-c3[c-]c(-c4cc(-c5ccc(-c6ccccc6)cc5)ccn4)cc(C(C)(C)C)c3)cccc21.[Pt]. The third kappa shape index (κ3) is 10.9. The largest absolute Gasteiger partial charge is 0.507 e. The van der Waals surface area contributed by atoms with Gasteiger partial charge in [0.2, 0.25) is 0 Å². The van der Waals surface area contributed by atoms with Gasteiger partial charge in [-0.25, -0.2) is 4.98 Å². The first-order valence-electron chi connectivity index (χ1n) is 27.3. The molecular weight excluding hydrogens is 1080 g/mol. The van der Waals surface area contributed by atoms with Crippen molar-refractivity contribution in [3.05, 3.63) is 191 Å². The number of aromatic nitrogens is 3. The van der Waals surface area contributed by atoms with Gasteiger partial charge in [0.1, 0.15) is 11.6 Å². The van der Waals surface area contributed by atoms with Gasteiger partial charge in [0.15, 0.2) is 0 Å². The zero-order chi connectivity index (χ0) is 55.1. The van der Waals surface area contributed by atoms with Gasteiger partial charge in [-0.3, -0.25) is 9.55 Å². The fourth-order valence-electron chi connectivity index (χ4n) is 9.65. The molecule has 7 aromatic carbocycles. The summed E-state index contributed by atoms with van der Waals surface area (Å²) in [5.41, 5.74) is 16.1. The van der Waals surface area contributed by atoms with Crippen LogP contribution in [0.4, 0.5) is 0 Å². The molecule has 2 heterocycles. The normalized spacial score (nSPS) is 13.3. The molecule has 5 heteroatoms. The van der Waals surface area contributed by atoms with Crippen molar-refractivity contribution in [2.75, 3.05) is 0 Å². The van der Waals surface area contributed by atoms with E-state index in [9.17, 15) is 9.22 Å². The second kappa shape index (κ2) is 19.7. The third-order valence-electron chi connectivity index (χ3n) is 14.3. The quantitative estimate of drug-likeness (QED) is 0.162. The van der Waals surface area contributed by atoms with Crippen molar-refractivity contribution in [1.82, 2.24) is 14.5 Å². The van der Waals surface area contributed by atoms with Crippen LogP contribution in [0, 0.1) is 12.9 Å². The number of phenolic OH excluding ortho intramolecular Hbond substituents is 1. The van der Waals surface area contributed by atoms with Gasteiger partial charge in [0.25, 0.3) is 0 Å². The second-order valence-corrected chi connectivity index (χ2v) is 25.2. The molecule has 9 aromatic rings. The number of imidazole rings is 1. The molecule has 0 aliphatic rings. The number of phenols is 1. The Morgan fingerprint density at radius 1 is 0.473 bits per heavy atom. The summed E-state index contributed by atoms with van der Waals surface area (Å²) in [7, 11) is 0. The van der Waals surface area contributed by atoms with Crippen LogP contribution in [0.2, 0.25) is 0 Å². The van der Waals surface area contributed by atoms with Gasteiger partial charge in [-0.2, -0.15) is 0 Å². The van der Waals surface area contributed by atoms with Gasteiger partial charge in [-0.15, -0.1) is 29.3 Å². The topological polar surface area (TPSA) is 50.9 Å². The predicted molar refractivity (Wildman–Crippen MR) is 310 cm³/mol. The maximum Gasteiger partial charge on any atom is 0.148 e. The Morgan fingerprint density at radius 2 is 1.01 bits per heavy atom. The minimum absolute atomic E-state index is 0. The van der Waals surface area contributed by atoms with Crippen LogP contribution in [0.5, 0.6) is 5.75 Å². The van der Waals surface area contributed by atoms with Crippen LogP contribution in [-0.4, -0.2) is 19.6 Å². The van der Waals surface area contributed by atoms with Crippen LogP contribution in [0.1, 0.15) is 141 Å². The number of hydrogen-bond donors (Lipinski definition) is 1. The number of aryl methyl sites for hydroxylation is 1. The van der Waals surface area contributed by atoms with E-state index in [0.29, 0.717) is 28.1 Å². The summed E-state index contributed by atoms with van der Waals surface area (Å²) in [4.78, 5) is 10.5. The first-order chi connectivity index (χ1) is 35.4. The molecule has 0 unspecified atom stereocenters. The van der Waals surface area contributed by atoms with E-state index in [1.165, 1.54) is 16.7 Å². The van der Waals surface area contributed by atoms with Gasteiger partial charge in [-0.05, 0) is 120 Å².